The van der Waals surface area contributed by atoms with Crippen molar-refractivity contribution in [3.05, 3.63) is 60.2 Å². The number of rotatable bonds is 1. The molecule has 2 aromatic rings. The van der Waals surface area contributed by atoms with Gasteiger partial charge in [0, 0.05) is 9.79 Å². The number of hydrogen-bond donors (Lipinski definition) is 1. The summed E-state index contributed by atoms with van der Waals surface area (Å²) >= 11 is 1.61. The van der Waals surface area contributed by atoms with E-state index in [-0.39, 0.29) is 5.91 Å². The van der Waals surface area contributed by atoms with Crippen molar-refractivity contribution in [3.63, 3.8) is 0 Å². The lowest BCUT2D eigenvalue weighted by Crippen LogP contribution is -2.11. The van der Waals surface area contributed by atoms with Crippen LogP contribution < -0.4 is 5.32 Å². The molecule has 1 aliphatic heterocycles. The Hall–Kier alpha value is -2.00. The molecule has 0 unspecified atom stereocenters. The first kappa shape index (κ1) is 12.1. The van der Waals surface area contributed by atoms with Crippen molar-refractivity contribution in [3.8, 4) is 0 Å². The molecule has 2 nitrogen and oxygen atoms in total. The van der Waals surface area contributed by atoms with Gasteiger partial charge in [-0.25, -0.2) is 0 Å². The first-order chi connectivity index (χ1) is 9.15. The van der Waals surface area contributed by atoms with Crippen LogP contribution in [0.25, 0.3) is 5.57 Å². The number of benzene rings is 2. The van der Waals surface area contributed by atoms with E-state index in [1.165, 1.54) is 0 Å². The van der Waals surface area contributed by atoms with Gasteiger partial charge in [0.05, 0.1) is 11.3 Å². The molecule has 0 radical (unpaired) electrons. The highest BCUT2D eigenvalue weighted by Gasteiger charge is 2.19. The van der Waals surface area contributed by atoms with Gasteiger partial charge in [-0.05, 0) is 36.8 Å². The Morgan fingerprint density at radius 1 is 1.16 bits per heavy atom. The molecule has 0 bridgehead atoms. The highest BCUT2D eigenvalue weighted by atomic mass is 32.2. The minimum Gasteiger partial charge on any atom is -0.321 e. The number of carbonyl (C=O) groups excluding carboxylic acids is 1. The molecule has 1 aliphatic rings. The SMILES string of the molecule is C=C(C)c1ccc2c(c1)NC(=O)c1ccccc1S2. The number of hydrogen-bond acceptors (Lipinski definition) is 2. The van der Waals surface area contributed by atoms with Gasteiger partial charge in [-0.3, -0.25) is 4.79 Å². The summed E-state index contributed by atoms with van der Waals surface area (Å²) in [4.78, 5) is 14.2. The molecule has 0 fully saturated rings. The maximum Gasteiger partial charge on any atom is 0.256 e. The van der Waals surface area contributed by atoms with Crippen LogP contribution in [0.1, 0.15) is 22.8 Å². The highest BCUT2D eigenvalue weighted by molar-refractivity contribution is 7.99. The molecule has 19 heavy (non-hydrogen) atoms. The van der Waals surface area contributed by atoms with E-state index in [1.807, 2.05) is 49.4 Å². The van der Waals surface area contributed by atoms with Crippen molar-refractivity contribution in [1.29, 1.82) is 0 Å². The molecular weight excluding hydrogens is 254 g/mol. The molecule has 0 spiro atoms. The lowest BCUT2D eigenvalue weighted by molar-refractivity contribution is 0.102. The Morgan fingerprint density at radius 2 is 1.95 bits per heavy atom. The fourth-order valence-electron chi connectivity index (χ4n) is 2.03. The van der Waals surface area contributed by atoms with Gasteiger partial charge in [0.1, 0.15) is 0 Å². The van der Waals surface area contributed by atoms with Gasteiger partial charge < -0.3 is 5.32 Å². The third-order valence-corrected chi connectivity index (χ3v) is 4.22. The molecule has 0 saturated carbocycles. The van der Waals surface area contributed by atoms with Crippen LogP contribution in [0.4, 0.5) is 5.69 Å². The summed E-state index contributed by atoms with van der Waals surface area (Å²) in [6, 6.07) is 13.7. The molecule has 1 N–H and O–H groups in total. The Bertz CT molecular complexity index is 691. The molecule has 2 aromatic carbocycles. The Kier molecular flexibility index (Phi) is 2.91. The van der Waals surface area contributed by atoms with Crippen LogP contribution in [0.15, 0.2) is 58.8 Å². The molecule has 3 heteroatoms. The van der Waals surface area contributed by atoms with Crippen LogP contribution >= 0.6 is 11.8 Å². The Labute approximate surface area is 116 Å². The summed E-state index contributed by atoms with van der Waals surface area (Å²) in [5.74, 6) is -0.0549. The fraction of sp³-hybridized carbons (Fsp3) is 0.0625. The number of nitrogens with one attached hydrogen (secondary N) is 1. The van der Waals surface area contributed by atoms with Crippen molar-refractivity contribution in [2.24, 2.45) is 0 Å². The van der Waals surface area contributed by atoms with E-state index in [4.69, 9.17) is 0 Å². The lowest BCUT2D eigenvalue weighted by Gasteiger charge is -2.08. The molecule has 3 rings (SSSR count). The van der Waals surface area contributed by atoms with Crippen molar-refractivity contribution in [2.75, 3.05) is 5.32 Å². The van der Waals surface area contributed by atoms with Gasteiger partial charge >= 0.3 is 0 Å². The molecule has 0 aromatic heterocycles. The summed E-state index contributed by atoms with van der Waals surface area (Å²) < 4.78 is 0. The first-order valence-electron chi connectivity index (χ1n) is 6.03. The summed E-state index contributed by atoms with van der Waals surface area (Å²) in [7, 11) is 0. The van der Waals surface area contributed by atoms with E-state index in [0.717, 1.165) is 32.2 Å². The van der Waals surface area contributed by atoms with Gasteiger partial charge in [0.2, 0.25) is 0 Å². The highest BCUT2D eigenvalue weighted by Crippen LogP contribution is 2.39. The van der Waals surface area contributed by atoms with E-state index in [2.05, 4.69) is 11.9 Å². The number of carbonyl (C=O) groups is 1. The minimum absolute atomic E-state index is 0.0549. The summed E-state index contributed by atoms with van der Waals surface area (Å²) in [6.07, 6.45) is 0. The molecule has 0 atom stereocenters. The Balaban J connectivity index is 2.12. The zero-order chi connectivity index (χ0) is 13.4. The zero-order valence-electron chi connectivity index (χ0n) is 10.6. The second kappa shape index (κ2) is 4.59. The predicted octanol–water partition coefficient (Wildman–Crippen LogP) is 4.44. The molecule has 1 amide bonds. The van der Waals surface area contributed by atoms with Crippen LogP contribution in [-0.2, 0) is 0 Å². The number of allylic oxidation sites excluding steroid dienone is 1. The summed E-state index contributed by atoms with van der Waals surface area (Å²) in [6.45, 7) is 5.90. The maximum atomic E-state index is 12.2. The van der Waals surface area contributed by atoms with Crippen LogP contribution in [-0.4, -0.2) is 5.91 Å². The van der Waals surface area contributed by atoms with E-state index in [0.29, 0.717) is 0 Å². The lowest BCUT2D eigenvalue weighted by atomic mass is 10.1. The predicted molar refractivity (Wildman–Crippen MR) is 79.7 cm³/mol. The van der Waals surface area contributed by atoms with Crippen LogP contribution in [0.2, 0.25) is 0 Å². The van der Waals surface area contributed by atoms with E-state index >= 15 is 0 Å². The number of fused-ring (bicyclic) bond motifs is 2. The van der Waals surface area contributed by atoms with E-state index < -0.39 is 0 Å². The normalized spacial score (nSPS) is 13.0. The summed E-state index contributed by atoms with van der Waals surface area (Å²) in [5.41, 5.74) is 3.61. The van der Waals surface area contributed by atoms with Crippen molar-refractivity contribution >= 4 is 28.9 Å². The van der Waals surface area contributed by atoms with Gasteiger partial charge in [0.15, 0.2) is 0 Å². The number of anilines is 1. The largest absolute Gasteiger partial charge is 0.321 e. The van der Waals surface area contributed by atoms with Crippen LogP contribution in [0, 0.1) is 0 Å². The third-order valence-electron chi connectivity index (χ3n) is 3.07. The number of amides is 1. The van der Waals surface area contributed by atoms with Gasteiger partial charge in [-0.1, -0.05) is 42.1 Å². The fourth-order valence-corrected chi connectivity index (χ4v) is 3.04. The standard InChI is InChI=1S/C16H13NOS/c1-10(2)11-7-8-15-13(9-11)17-16(18)12-5-3-4-6-14(12)19-15/h3-9H,1H2,2H3,(H,17,18). The maximum absolute atomic E-state index is 12.2. The Morgan fingerprint density at radius 3 is 2.74 bits per heavy atom. The second-order valence-corrected chi connectivity index (χ2v) is 5.63. The monoisotopic (exact) mass is 267 g/mol. The third kappa shape index (κ3) is 2.17. The van der Waals surface area contributed by atoms with Crippen LogP contribution in [0.3, 0.4) is 0 Å². The van der Waals surface area contributed by atoms with Gasteiger partial charge in [-0.2, -0.15) is 0 Å². The molecular formula is C16H13NOS. The quantitative estimate of drug-likeness (QED) is 0.827. The minimum atomic E-state index is -0.0549. The molecule has 1 heterocycles. The van der Waals surface area contributed by atoms with Gasteiger partial charge in [-0.15, -0.1) is 0 Å². The molecule has 0 saturated heterocycles. The van der Waals surface area contributed by atoms with Crippen LogP contribution in [0.5, 0.6) is 0 Å². The van der Waals surface area contributed by atoms with Crippen molar-refractivity contribution < 1.29 is 4.79 Å². The molecule has 94 valence electrons. The second-order valence-electron chi connectivity index (χ2n) is 4.54. The van der Waals surface area contributed by atoms with Crippen molar-refractivity contribution in [1.82, 2.24) is 0 Å². The van der Waals surface area contributed by atoms with Crippen molar-refractivity contribution in [2.45, 2.75) is 16.7 Å². The average molecular weight is 267 g/mol. The first-order valence-corrected chi connectivity index (χ1v) is 6.85. The summed E-state index contributed by atoms with van der Waals surface area (Å²) in [5, 5.41) is 2.97. The topological polar surface area (TPSA) is 29.1 Å². The average Bonchev–Trinajstić information content (AvgIpc) is 2.54. The van der Waals surface area contributed by atoms with E-state index in [1.54, 1.807) is 11.8 Å². The van der Waals surface area contributed by atoms with Gasteiger partial charge in [0.25, 0.3) is 5.91 Å². The zero-order valence-corrected chi connectivity index (χ0v) is 11.4. The molecule has 0 aliphatic carbocycles. The van der Waals surface area contributed by atoms with E-state index in [9.17, 15) is 4.79 Å². The smallest absolute Gasteiger partial charge is 0.256 e.